The van der Waals surface area contributed by atoms with Crippen molar-refractivity contribution in [3.63, 3.8) is 0 Å². The molecule has 6 nitrogen and oxygen atoms in total. The summed E-state index contributed by atoms with van der Waals surface area (Å²) in [5, 5.41) is 2.99. The van der Waals surface area contributed by atoms with Crippen molar-refractivity contribution in [2.75, 3.05) is 26.2 Å². The Morgan fingerprint density at radius 3 is 2.80 bits per heavy atom. The van der Waals surface area contributed by atoms with Crippen molar-refractivity contribution < 1.29 is 14.1 Å². The maximum absolute atomic E-state index is 11.9. The van der Waals surface area contributed by atoms with E-state index < -0.39 is 0 Å². The Balaban J connectivity index is 1.35. The van der Waals surface area contributed by atoms with Crippen LogP contribution >= 0.6 is 0 Å². The molecule has 1 aliphatic heterocycles. The molecule has 3 rings (SSSR count). The predicted molar refractivity (Wildman–Crippen MR) is 96.7 cm³/mol. The fraction of sp³-hybridized carbons (Fsp3) is 0.579. The highest BCUT2D eigenvalue weighted by atomic mass is 16.4. The Bertz CT molecular complexity index is 744. The van der Waals surface area contributed by atoms with Crippen molar-refractivity contribution in [1.82, 2.24) is 9.88 Å². The number of nitrogens with one attached hydrogen (secondary N) is 2. The normalized spacial score (nSPS) is 15.5. The molecular weight excluding hydrogens is 318 g/mol. The second-order valence-corrected chi connectivity index (χ2v) is 6.86. The van der Waals surface area contributed by atoms with E-state index in [1.54, 1.807) is 15.5 Å². The summed E-state index contributed by atoms with van der Waals surface area (Å²) in [6.45, 7) is 4.96. The van der Waals surface area contributed by atoms with Gasteiger partial charge in [-0.1, -0.05) is 12.1 Å². The number of oxazole rings is 1. The third-order valence-corrected chi connectivity index (χ3v) is 4.95. The highest BCUT2D eigenvalue weighted by molar-refractivity contribution is 5.76. The molecule has 1 aliphatic rings. The minimum Gasteiger partial charge on any atom is -0.408 e. The summed E-state index contributed by atoms with van der Waals surface area (Å²) in [5.41, 5.74) is 1.38. The van der Waals surface area contributed by atoms with Crippen LogP contribution in [-0.2, 0) is 11.3 Å². The third-order valence-electron chi connectivity index (χ3n) is 4.95. The molecule has 1 aromatic heterocycles. The molecule has 0 aliphatic carbocycles. The number of piperidine rings is 1. The summed E-state index contributed by atoms with van der Waals surface area (Å²) in [4.78, 5) is 25.5. The summed E-state index contributed by atoms with van der Waals surface area (Å²) < 4.78 is 6.80. The van der Waals surface area contributed by atoms with Crippen LogP contribution in [0, 0.1) is 0 Å². The number of hydrogen-bond acceptors (Lipinski definition) is 3. The van der Waals surface area contributed by atoms with E-state index in [4.69, 9.17) is 4.42 Å². The number of para-hydroxylation sites is 2. The van der Waals surface area contributed by atoms with Crippen molar-refractivity contribution >= 4 is 17.0 Å². The number of carbonyl (C=O) groups is 1. The van der Waals surface area contributed by atoms with Crippen LogP contribution in [0.15, 0.2) is 33.5 Å². The van der Waals surface area contributed by atoms with Gasteiger partial charge in [-0.3, -0.25) is 9.36 Å². The Labute approximate surface area is 147 Å². The van der Waals surface area contributed by atoms with E-state index in [1.807, 2.05) is 18.2 Å². The lowest BCUT2D eigenvalue weighted by Gasteiger charge is -2.23. The van der Waals surface area contributed by atoms with Crippen molar-refractivity contribution in [2.45, 2.75) is 45.1 Å². The number of aryl methyl sites for hydroxylation is 1. The van der Waals surface area contributed by atoms with Crippen LogP contribution in [0.25, 0.3) is 11.1 Å². The van der Waals surface area contributed by atoms with Gasteiger partial charge in [-0.15, -0.1) is 0 Å². The molecule has 136 valence electrons. The van der Waals surface area contributed by atoms with Crippen molar-refractivity contribution in [3.8, 4) is 0 Å². The molecule has 0 unspecified atom stereocenters. The molecule has 1 aromatic carbocycles. The van der Waals surface area contributed by atoms with Crippen LogP contribution in [0.2, 0.25) is 0 Å². The van der Waals surface area contributed by atoms with E-state index in [0.717, 1.165) is 25.0 Å². The van der Waals surface area contributed by atoms with E-state index in [1.165, 1.54) is 32.4 Å². The van der Waals surface area contributed by atoms with Crippen molar-refractivity contribution in [1.29, 1.82) is 0 Å². The summed E-state index contributed by atoms with van der Waals surface area (Å²) in [5.74, 6) is -0.291. The van der Waals surface area contributed by atoms with Gasteiger partial charge in [-0.2, -0.15) is 0 Å². The number of amides is 1. The maximum atomic E-state index is 11.9. The van der Waals surface area contributed by atoms with Gasteiger partial charge in [-0.05, 0) is 37.8 Å². The minimum atomic E-state index is -0.355. The van der Waals surface area contributed by atoms with E-state index >= 15 is 0 Å². The molecule has 25 heavy (non-hydrogen) atoms. The van der Waals surface area contributed by atoms with Gasteiger partial charge in [-0.25, -0.2) is 4.79 Å². The van der Waals surface area contributed by atoms with Gasteiger partial charge >= 0.3 is 5.76 Å². The number of quaternary nitrogens is 1. The fourth-order valence-electron chi connectivity index (χ4n) is 3.58. The van der Waals surface area contributed by atoms with Gasteiger partial charge in [0.2, 0.25) is 5.91 Å². The quantitative estimate of drug-likeness (QED) is 0.699. The second kappa shape index (κ2) is 8.85. The number of benzene rings is 1. The van der Waals surface area contributed by atoms with Crippen LogP contribution in [0.1, 0.15) is 38.5 Å². The lowest BCUT2D eigenvalue weighted by molar-refractivity contribution is -0.904. The molecule has 6 heteroatoms. The molecule has 2 aromatic rings. The lowest BCUT2D eigenvalue weighted by Crippen LogP contribution is -3.12. The zero-order chi connectivity index (χ0) is 17.5. The number of fused-ring (bicyclic) bond motifs is 1. The maximum Gasteiger partial charge on any atom is 0.419 e. The molecule has 1 saturated heterocycles. The Morgan fingerprint density at radius 1 is 1.16 bits per heavy atom. The van der Waals surface area contributed by atoms with Crippen LogP contribution in [0.3, 0.4) is 0 Å². The monoisotopic (exact) mass is 346 g/mol. The SMILES string of the molecule is O=C(CCCn1c(=O)oc2ccccc21)NCCC[NH+]1CCCCC1. The molecule has 0 bridgehead atoms. The first-order valence-electron chi connectivity index (χ1n) is 9.43. The topological polar surface area (TPSA) is 68.7 Å². The van der Waals surface area contributed by atoms with Crippen molar-refractivity contribution in [2.24, 2.45) is 0 Å². The van der Waals surface area contributed by atoms with Gasteiger partial charge in [0.1, 0.15) is 0 Å². The zero-order valence-electron chi connectivity index (χ0n) is 14.8. The molecule has 0 radical (unpaired) electrons. The number of carbonyl (C=O) groups excluding carboxylic acids is 1. The highest BCUT2D eigenvalue weighted by Gasteiger charge is 2.13. The summed E-state index contributed by atoms with van der Waals surface area (Å²) in [6, 6.07) is 7.37. The van der Waals surface area contributed by atoms with E-state index in [0.29, 0.717) is 25.0 Å². The molecule has 1 amide bonds. The third kappa shape index (κ3) is 4.95. The van der Waals surface area contributed by atoms with Crippen LogP contribution < -0.4 is 16.0 Å². The number of hydrogen-bond donors (Lipinski definition) is 2. The molecule has 0 spiro atoms. The van der Waals surface area contributed by atoms with Gasteiger partial charge in [0.05, 0.1) is 25.2 Å². The first-order chi connectivity index (χ1) is 12.2. The van der Waals surface area contributed by atoms with Gasteiger partial charge in [0.15, 0.2) is 5.58 Å². The van der Waals surface area contributed by atoms with Gasteiger partial charge in [0.25, 0.3) is 0 Å². The summed E-state index contributed by atoms with van der Waals surface area (Å²) in [6.07, 6.45) is 6.14. The predicted octanol–water partition coefficient (Wildman–Crippen LogP) is 0.950. The average molecular weight is 346 g/mol. The molecular formula is C19H28N3O3+. The molecule has 1 fully saturated rings. The van der Waals surface area contributed by atoms with Crippen LogP contribution in [0.5, 0.6) is 0 Å². The van der Waals surface area contributed by atoms with Crippen LogP contribution in [-0.4, -0.2) is 36.7 Å². The summed E-state index contributed by atoms with van der Waals surface area (Å²) in [7, 11) is 0. The summed E-state index contributed by atoms with van der Waals surface area (Å²) >= 11 is 0. The second-order valence-electron chi connectivity index (χ2n) is 6.86. The zero-order valence-corrected chi connectivity index (χ0v) is 14.8. The molecule has 2 heterocycles. The van der Waals surface area contributed by atoms with E-state index in [-0.39, 0.29) is 11.7 Å². The molecule has 2 N–H and O–H groups in total. The van der Waals surface area contributed by atoms with Crippen molar-refractivity contribution in [3.05, 3.63) is 34.8 Å². The highest BCUT2D eigenvalue weighted by Crippen LogP contribution is 2.12. The molecule has 0 atom stereocenters. The van der Waals surface area contributed by atoms with Gasteiger partial charge < -0.3 is 14.6 Å². The van der Waals surface area contributed by atoms with Gasteiger partial charge in [0, 0.05) is 25.9 Å². The lowest BCUT2D eigenvalue weighted by atomic mass is 10.1. The average Bonchev–Trinajstić information content (AvgIpc) is 2.95. The molecule has 0 saturated carbocycles. The first kappa shape index (κ1) is 17.7. The number of nitrogens with zero attached hydrogens (tertiary/aromatic N) is 1. The number of rotatable bonds is 8. The largest absolute Gasteiger partial charge is 0.419 e. The van der Waals surface area contributed by atoms with Crippen LogP contribution in [0.4, 0.5) is 0 Å². The van der Waals surface area contributed by atoms with E-state index in [2.05, 4.69) is 5.32 Å². The Kier molecular flexibility index (Phi) is 6.28. The number of aromatic nitrogens is 1. The standard InChI is InChI=1S/C19H27N3O3/c23-18(20-11-7-14-21-12-4-1-5-13-21)10-6-15-22-16-8-2-3-9-17(16)25-19(22)24/h2-3,8-9H,1,4-7,10-15H2,(H,20,23)/p+1. The Morgan fingerprint density at radius 2 is 1.96 bits per heavy atom. The fourth-order valence-corrected chi connectivity index (χ4v) is 3.58. The smallest absolute Gasteiger partial charge is 0.408 e. The minimum absolute atomic E-state index is 0.0643. The Hall–Kier alpha value is -2.08. The van der Waals surface area contributed by atoms with E-state index in [9.17, 15) is 9.59 Å². The number of likely N-dealkylation sites (tertiary alicyclic amines) is 1. The first-order valence-corrected chi connectivity index (χ1v) is 9.43.